The van der Waals surface area contributed by atoms with Gasteiger partial charge in [-0.1, -0.05) is 19.3 Å². The monoisotopic (exact) mass is 408 g/mol. The quantitative estimate of drug-likeness (QED) is 0.724. The standard InChI is InChI=1S/C18H32N2O4S.ClH/c1-3-24-15-13-14(17(15)7-5-4-6-8-17)20-16(21)18(25(2,22)23)9-11-19-12-10-18;/h14-15,19H,3-13H2,1-2H3,(H,20,21);1H. The van der Waals surface area contributed by atoms with E-state index in [4.69, 9.17) is 4.74 Å². The van der Waals surface area contributed by atoms with Crippen molar-refractivity contribution in [2.24, 2.45) is 5.41 Å². The van der Waals surface area contributed by atoms with E-state index >= 15 is 0 Å². The molecule has 0 aromatic rings. The number of nitrogens with one attached hydrogen (secondary N) is 2. The Morgan fingerprint density at radius 1 is 1.15 bits per heavy atom. The van der Waals surface area contributed by atoms with Gasteiger partial charge in [-0.3, -0.25) is 4.79 Å². The van der Waals surface area contributed by atoms with Crippen molar-refractivity contribution >= 4 is 28.2 Å². The molecule has 0 aromatic carbocycles. The SMILES string of the molecule is CCOC1CC(NC(=O)C2(S(C)(=O)=O)CCNCC2)C12CCCCC2.Cl. The van der Waals surface area contributed by atoms with Crippen LogP contribution in [0, 0.1) is 5.41 Å². The summed E-state index contributed by atoms with van der Waals surface area (Å²) in [5.74, 6) is -0.290. The summed E-state index contributed by atoms with van der Waals surface area (Å²) in [6.07, 6.45) is 8.61. The number of carbonyl (C=O) groups is 1. The topological polar surface area (TPSA) is 84.5 Å². The van der Waals surface area contributed by atoms with Crippen LogP contribution in [-0.2, 0) is 19.4 Å². The first kappa shape index (κ1) is 21.9. The van der Waals surface area contributed by atoms with Crippen molar-refractivity contribution in [1.29, 1.82) is 0 Å². The zero-order valence-corrected chi connectivity index (χ0v) is 17.5. The first-order chi connectivity index (χ1) is 11.9. The third-order valence-electron chi connectivity index (χ3n) is 6.78. The minimum atomic E-state index is -3.47. The number of sulfone groups is 1. The van der Waals surface area contributed by atoms with Crippen LogP contribution in [0.3, 0.4) is 0 Å². The zero-order valence-electron chi connectivity index (χ0n) is 15.9. The Balaban J connectivity index is 0.00000243. The molecule has 6 nitrogen and oxygen atoms in total. The molecule has 152 valence electrons. The lowest BCUT2D eigenvalue weighted by molar-refractivity contribution is -0.158. The molecule has 1 spiro atoms. The van der Waals surface area contributed by atoms with Crippen molar-refractivity contribution in [2.45, 2.75) is 75.2 Å². The highest BCUT2D eigenvalue weighted by Crippen LogP contribution is 2.53. The Bertz CT molecular complexity index is 598. The zero-order chi connectivity index (χ0) is 18.1. The van der Waals surface area contributed by atoms with Gasteiger partial charge in [-0.25, -0.2) is 8.42 Å². The molecule has 0 radical (unpaired) electrons. The molecule has 3 aliphatic rings. The maximum absolute atomic E-state index is 13.1. The maximum atomic E-state index is 13.1. The number of amides is 1. The van der Waals surface area contributed by atoms with Crippen molar-refractivity contribution in [2.75, 3.05) is 26.0 Å². The fourth-order valence-corrected chi connectivity index (χ4v) is 6.49. The van der Waals surface area contributed by atoms with Crippen molar-refractivity contribution in [1.82, 2.24) is 10.6 Å². The number of piperidine rings is 1. The highest BCUT2D eigenvalue weighted by molar-refractivity contribution is 7.92. The summed E-state index contributed by atoms with van der Waals surface area (Å²) in [5.41, 5.74) is 0.00945. The molecule has 0 aromatic heterocycles. The van der Waals surface area contributed by atoms with Crippen LogP contribution in [0.4, 0.5) is 0 Å². The van der Waals surface area contributed by atoms with Crippen molar-refractivity contribution in [3.8, 4) is 0 Å². The smallest absolute Gasteiger partial charge is 0.241 e. The van der Waals surface area contributed by atoms with Crippen molar-refractivity contribution < 1.29 is 17.9 Å². The summed E-state index contributed by atoms with van der Waals surface area (Å²) in [6.45, 7) is 3.83. The van der Waals surface area contributed by atoms with E-state index in [1.807, 2.05) is 6.92 Å². The second kappa shape index (κ2) is 8.33. The van der Waals surface area contributed by atoms with Crippen molar-refractivity contribution in [3.05, 3.63) is 0 Å². The summed E-state index contributed by atoms with van der Waals surface area (Å²) in [4.78, 5) is 13.1. The average Bonchev–Trinajstić information content (AvgIpc) is 2.61. The lowest BCUT2D eigenvalue weighted by Gasteiger charge is -2.58. The van der Waals surface area contributed by atoms with E-state index in [9.17, 15) is 13.2 Å². The molecule has 0 bridgehead atoms. The molecule has 1 saturated heterocycles. The first-order valence-electron chi connectivity index (χ1n) is 9.69. The third-order valence-corrected chi connectivity index (χ3v) is 8.79. The van der Waals surface area contributed by atoms with Crippen LogP contribution in [0.2, 0.25) is 0 Å². The Morgan fingerprint density at radius 3 is 2.31 bits per heavy atom. The van der Waals surface area contributed by atoms with Crippen LogP contribution in [0.5, 0.6) is 0 Å². The summed E-state index contributed by atoms with van der Waals surface area (Å²) in [5, 5.41) is 6.32. The molecule has 3 fully saturated rings. The van der Waals surface area contributed by atoms with E-state index in [0.29, 0.717) is 32.5 Å². The van der Waals surface area contributed by atoms with Crippen LogP contribution in [0.15, 0.2) is 0 Å². The van der Waals surface area contributed by atoms with E-state index in [1.165, 1.54) is 12.7 Å². The molecule has 26 heavy (non-hydrogen) atoms. The van der Waals surface area contributed by atoms with Gasteiger partial charge in [0, 0.05) is 24.3 Å². The molecular weight excluding hydrogens is 376 g/mol. The van der Waals surface area contributed by atoms with E-state index in [0.717, 1.165) is 32.1 Å². The van der Waals surface area contributed by atoms with Crippen LogP contribution in [-0.4, -0.2) is 57.2 Å². The second-order valence-electron chi connectivity index (χ2n) is 8.02. The molecule has 2 unspecified atom stereocenters. The van der Waals surface area contributed by atoms with Crippen LogP contribution >= 0.6 is 12.4 Å². The predicted octanol–water partition coefficient (Wildman–Crippen LogP) is 1.82. The summed E-state index contributed by atoms with van der Waals surface area (Å²) >= 11 is 0. The second-order valence-corrected chi connectivity index (χ2v) is 10.3. The van der Waals surface area contributed by atoms with Crippen LogP contribution < -0.4 is 10.6 Å². The largest absolute Gasteiger partial charge is 0.378 e. The number of ether oxygens (including phenoxy) is 1. The maximum Gasteiger partial charge on any atom is 0.241 e. The Hall–Kier alpha value is -0.370. The normalized spacial score (nSPS) is 30.1. The summed E-state index contributed by atoms with van der Waals surface area (Å²) in [6, 6.07) is 0.0466. The van der Waals surface area contributed by atoms with E-state index in [2.05, 4.69) is 10.6 Å². The minimum Gasteiger partial charge on any atom is -0.378 e. The molecule has 2 N–H and O–H groups in total. The van der Waals surface area contributed by atoms with E-state index < -0.39 is 14.6 Å². The van der Waals surface area contributed by atoms with Gasteiger partial charge in [-0.15, -0.1) is 12.4 Å². The van der Waals surface area contributed by atoms with Crippen LogP contribution in [0.1, 0.15) is 58.3 Å². The highest BCUT2D eigenvalue weighted by Gasteiger charge is 2.58. The number of hydrogen-bond acceptors (Lipinski definition) is 5. The molecule has 1 heterocycles. The van der Waals surface area contributed by atoms with Gasteiger partial charge in [0.05, 0.1) is 6.10 Å². The van der Waals surface area contributed by atoms with Gasteiger partial charge in [-0.05, 0) is 52.1 Å². The van der Waals surface area contributed by atoms with Crippen LogP contribution in [0.25, 0.3) is 0 Å². The number of hydrogen-bond donors (Lipinski definition) is 2. The van der Waals surface area contributed by atoms with E-state index in [1.54, 1.807) is 0 Å². The molecule has 2 atom stereocenters. The Morgan fingerprint density at radius 2 is 1.77 bits per heavy atom. The van der Waals surface area contributed by atoms with E-state index in [-0.39, 0.29) is 35.9 Å². The lowest BCUT2D eigenvalue weighted by Crippen LogP contribution is -2.68. The number of carbonyl (C=O) groups excluding carboxylic acids is 1. The Kier molecular flexibility index (Phi) is 7.03. The molecular formula is C18H33ClN2O4S. The molecule has 8 heteroatoms. The fourth-order valence-electron chi connectivity index (χ4n) is 5.15. The molecule has 2 aliphatic carbocycles. The summed E-state index contributed by atoms with van der Waals surface area (Å²) < 4.78 is 29.6. The van der Waals surface area contributed by atoms with Crippen molar-refractivity contribution in [3.63, 3.8) is 0 Å². The molecule has 1 aliphatic heterocycles. The van der Waals surface area contributed by atoms with Gasteiger partial charge in [0.15, 0.2) is 14.6 Å². The fraction of sp³-hybridized carbons (Fsp3) is 0.944. The third kappa shape index (κ3) is 3.64. The van der Waals surface area contributed by atoms with Gasteiger partial charge < -0.3 is 15.4 Å². The lowest BCUT2D eigenvalue weighted by atomic mass is 9.55. The van der Waals surface area contributed by atoms with Gasteiger partial charge in [0.2, 0.25) is 5.91 Å². The van der Waals surface area contributed by atoms with Gasteiger partial charge in [0.1, 0.15) is 0 Å². The van der Waals surface area contributed by atoms with Gasteiger partial charge in [-0.2, -0.15) is 0 Å². The Labute approximate surface area is 163 Å². The van der Waals surface area contributed by atoms with Gasteiger partial charge >= 0.3 is 0 Å². The number of halogens is 1. The molecule has 3 rings (SSSR count). The predicted molar refractivity (Wildman–Crippen MR) is 104 cm³/mol. The summed E-state index contributed by atoms with van der Waals surface area (Å²) in [7, 11) is -3.47. The van der Waals surface area contributed by atoms with Gasteiger partial charge in [0.25, 0.3) is 0 Å². The number of rotatable bonds is 5. The highest BCUT2D eigenvalue weighted by atomic mass is 35.5. The first-order valence-corrected chi connectivity index (χ1v) is 11.6. The minimum absolute atomic E-state index is 0. The average molecular weight is 409 g/mol. The molecule has 1 amide bonds. The molecule has 2 saturated carbocycles.